The molecule has 0 N–H and O–H groups in total. The quantitative estimate of drug-likeness (QED) is 0.787. The molecule has 98 valence electrons. The van der Waals surface area contributed by atoms with E-state index in [-0.39, 0.29) is 0 Å². The molecule has 1 aliphatic rings. The number of halogens is 1. The van der Waals surface area contributed by atoms with Gasteiger partial charge in [-0.25, -0.2) is 9.97 Å². The molecule has 1 aromatic carbocycles. The second-order valence-corrected chi connectivity index (χ2v) is 5.78. The third-order valence-electron chi connectivity index (χ3n) is 3.18. The van der Waals surface area contributed by atoms with Gasteiger partial charge in [0.05, 0.1) is 12.8 Å². The highest BCUT2D eigenvalue weighted by atomic mass is 35.5. The van der Waals surface area contributed by atoms with E-state index in [1.165, 1.54) is 0 Å². The summed E-state index contributed by atoms with van der Waals surface area (Å²) in [6.07, 6.45) is 0. The summed E-state index contributed by atoms with van der Waals surface area (Å²) in [5, 5.41) is 0.582. The number of rotatable bonds is 2. The number of aromatic nitrogens is 2. The first-order valence-electron chi connectivity index (χ1n) is 5.97. The van der Waals surface area contributed by atoms with Crippen molar-refractivity contribution in [3.8, 4) is 17.1 Å². The lowest BCUT2D eigenvalue weighted by molar-refractivity contribution is 0.412. The minimum atomic E-state index is 0.582. The standard InChI is InChI=1S/C14H13ClN2OS/c1-8-5-9(3-4-12(8)18-2)14-16-11-7-19-6-10(11)13(15)17-14/h3-5H,6-7H2,1-2H3. The number of methoxy groups -OCH3 is 1. The van der Waals surface area contributed by atoms with Crippen LogP contribution in [-0.2, 0) is 11.5 Å². The van der Waals surface area contributed by atoms with E-state index in [1.807, 2.05) is 36.9 Å². The molecule has 2 heterocycles. The minimum Gasteiger partial charge on any atom is -0.496 e. The molecule has 1 aromatic heterocycles. The van der Waals surface area contributed by atoms with Gasteiger partial charge in [-0.05, 0) is 30.7 Å². The van der Waals surface area contributed by atoms with Crippen molar-refractivity contribution in [2.24, 2.45) is 0 Å². The summed E-state index contributed by atoms with van der Waals surface area (Å²) in [4.78, 5) is 9.04. The summed E-state index contributed by atoms with van der Waals surface area (Å²) in [5.41, 5.74) is 4.18. The van der Waals surface area contributed by atoms with Crippen molar-refractivity contribution < 1.29 is 4.74 Å². The van der Waals surface area contributed by atoms with Crippen molar-refractivity contribution in [1.82, 2.24) is 9.97 Å². The van der Waals surface area contributed by atoms with Crippen LogP contribution in [-0.4, -0.2) is 17.1 Å². The van der Waals surface area contributed by atoms with Gasteiger partial charge in [0.1, 0.15) is 10.9 Å². The van der Waals surface area contributed by atoms with Crippen molar-refractivity contribution in [1.29, 1.82) is 0 Å². The Morgan fingerprint density at radius 2 is 2.11 bits per heavy atom. The van der Waals surface area contributed by atoms with Gasteiger partial charge in [0.15, 0.2) is 5.82 Å². The molecule has 0 unspecified atom stereocenters. The predicted octanol–water partition coefficient (Wildman–Crippen LogP) is 3.86. The third-order valence-corrected chi connectivity index (χ3v) is 4.46. The molecule has 2 aromatic rings. The van der Waals surface area contributed by atoms with Crippen LogP contribution < -0.4 is 4.74 Å². The van der Waals surface area contributed by atoms with Gasteiger partial charge in [-0.15, -0.1) is 0 Å². The second kappa shape index (κ2) is 5.02. The van der Waals surface area contributed by atoms with Crippen LogP contribution in [0.1, 0.15) is 16.8 Å². The normalized spacial score (nSPS) is 13.4. The van der Waals surface area contributed by atoms with E-state index < -0.39 is 0 Å². The maximum atomic E-state index is 6.23. The van der Waals surface area contributed by atoms with Crippen LogP contribution in [0.5, 0.6) is 5.75 Å². The molecule has 0 bridgehead atoms. The summed E-state index contributed by atoms with van der Waals surface area (Å²) in [6.45, 7) is 2.01. The van der Waals surface area contributed by atoms with Crippen molar-refractivity contribution in [3.63, 3.8) is 0 Å². The summed E-state index contributed by atoms with van der Waals surface area (Å²) in [7, 11) is 1.67. The van der Waals surface area contributed by atoms with Gasteiger partial charge in [-0.1, -0.05) is 11.6 Å². The molecule has 0 fully saturated rings. The zero-order chi connectivity index (χ0) is 13.4. The van der Waals surface area contributed by atoms with E-state index in [0.29, 0.717) is 11.0 Å². The molecule has 0 amide bonds. The molecule has 0 atom stereocenters. The number of thioether (sulfide) groups is 1. The van der Waals surface area contributed by atoms with Crippen molar-refractivity contribution in [2.45, 2.75) is 18.4 Å². The topological polar surface area (TPSA) is 35.0 Å². The number of benzene rings is 1. The van der Waals surface area contributed by atoms with Gasteiger partial charge in [0.2, 0.25) is 0 Å². The molecule has 0 aliphatic carbocycles. The lowest BCUT2D eigenvalue weighted by Gasteiger charge is -2.08. The highest BCUT2D eigenvalue weighted by molar-refractivity contribution is 7.98. The zero-order valence-corrected chi connectivity index (χ0v) is 12.3. The Balaban J connectivity index is 2.07. The fourth-order valence-corrected chi connectivity index (χ4v) is 3.54. The van der Waals surface area contributed by atoms with E-state index >= 15 is 0 Å². The van der Waals surface area contributed by atoms with Crippen LogP contribution in [0.2, 0.25) is 5.15 Å². The Morgan fingerprint density at radius 1 is 1.26 bits per heavy atom. The predicted molar refractivity (Wildman–Crippen MR) is 78.8 cm³/mol. The van der Waals surface area contributed by atoms with Crippen LogP contribution in [0.25, 0.3) is 11.4 Å². The van der Waals surface area contributed by atoms with E-state index in [9.17, 15) is 0 Å². The number of hydrogen-bond donors (Lipinski definition) is 0. The van der Waals surface area contributed by atoms with Crippen LogP contribution in [0.4, 0.5) is 0 Å². The average molecular weight is 293 g/mol. The fourth-order valence-electron chi connectivity index (χ4n) is 2.16. The van der Waals surface area contributed by atoms with Crippen LogP contribution in [0.3, 0.4) is 0 Å². The molecule has 3 rings (SSSR count). The smallest absolute Gasteiger partial charge is 0.161 e. The number of hydrogen-bond acceptors (Lipinski definition) is 4. The van der Waals surface area contributed by atoms with Gasteiger partial charge in [-0.3, -0.25) is 0 Å². The van der Waals surface area contributed by atoms with E-state index in [2.05, 4.69) is 9.97 Å². The van der Waals surface area contributed by atoms with Crippen molar-refractivity contribution in [3.05, 3.63) is 40.2 Å². The van der Waals surface area contributed by atoms with E-state index in [0.717, 1.165) is 39.6 Å². The molecular formula is C14H13ClN2OS. The molecule has 0 spiro atoms. The fraction of sp³-hybridized carbons (Fsp3) is 0.286. The number of aryl methyl sites for hydroxylation is 1. The minimum absolute atomic E-state index is 0.582. The third kappa shape index (κ3) is 2.30. The Morgan fingerprint density at radius 3 is 2.84 bits per heavy atom. The molecular weight excluding hydrogens is 280 g/mol. The molecule has 0 saturated carbocycles. The summed E-state index contributed by atoms with van der Waals surface area (Å²) in [6, 6.07) is 5.93. The molecule has 5 heteroatoms. The first kappa shape index (κ1) is 12.8. The Hall–Kier alpha value is -1.26. The highest BCUT2D eigenvalue weighted by Gasteiger charge is 2.19. The number of nitrogens with zero attached hydrogens (tertiary/aromatic N) is 2. The summed E-state index contributed by atoms with van der Waals surface area (Å²) in [5.74, 6) is 3.39. The largest absolute Gasteiger partial charge is 0.496 e. The summed E-state index contributed by atoms with van der Waals surface area (Å²) < 4.78 is 5.26. The monoisotopic (exact) mass is 292 g/mol. The summed E-state index contributed by atoms with van der Waals surface area (Å²) >= 11 is 8.06. The molecule has 19 heavy (non-hydrogen) atoms. The Labute approximate surface area is 121 Å². The SMILES string of the molecule is COc1ccc(-c2nc(Cl)c3c(n2)CSC3)cc1C. The zero-order valence-electron chi connectivity index (χ0n) is 10.7. The van der Waals surface area contributed by atoms with Gasteiger partial charge in [-0.2, -0.15) is 11.8 Å². The molecule has 1 aliphatic heterocycles. The molecule has 0 radical (unpaired) electrons. The Bertz CT molecular complexity index is 646. The lowest BCUT2D eigenvalue weighted by atomic mass is 10.1. The lowest BCUT2D eigenvalue weighted by Crippen LogP contribution is -1.98. The van der Waals surface area contributed by atoms with E-state index in [4.69, 9.17) is 16.3 Å². The molecule has 0 saturated heterocycles. The average Bonchev–Trinajstić information content (AvgIpc) is 2.87. The molecule has 3 nitrogen and oxygen atoms in total. The second-order valence-electron chi connectivity index (χ2n) is 4.44. The highest BCUT2D eigenvalue weighted by Crippen LogP contribution is 2.34. The van der Waals surface area contributed by atoms with Crippen LogP contribution in [0.15, 0.2) is 18.2 Å². The van der Waals surface area contributed by atoms with Gasteiger partial charge >= 0.3 is 0 Å². The maximum absolute atomic E-state index is 6.23. The van der Waals surface area contributed by atoms with E-state index in [1.54, 1.807) is 7.11 Å². The van der Waals surface area contributed by atoms with Gasteiger partial charge in [0, 0.05) is 22.6 Å². The first-order chi connectivity index (χ1) is 9.19. The maximum Gasteiger partial charge on any atom is 0.161 e. The van der Waals surface area contributed by atoms with Gasteiger partial charge in [0.25, 0.3) is 0 Å². The van der Waals surface area contributed by atoms with Crippen molar-refractivity contribution in [2.75, 3.05) is 7.11 Å². The van der Waals surface area contributed by atoms with Crippen LogP contribution in [0, 0.1) is 6.92 Å². The number of fused-ring (bicyclic) bond motifs is 1. The number of ether oxygens (including phenoxy) is 1. The van der Waals surface area contributed by atoms with Gasteiger partial charge < -0.3 is 4.74 Å². The first-order valence-corrected chi connectivity index (χ1v) is 7.50. The van der Waals surface area contributed by atoms with Crippen molar-refractivity contribution >= 4 is 23.4 Å². The Kier molecular flexibility index (Phi) is 3.37. The van der Waals surface area contributed by atoms with Crippen LogP contribution >= 0.6 is 23.4 Å².